The Kier molecular flexibility index (Phi) is 5.65. The van der Waals surface area contributed by atoms with Gasteiger partial charge in [0.1, 0.15) is 6.10 Å². The lowest BCUT2D eigenvalue weighted by Crippen LogP contribution is -2.04. The van der Waals surface area contributed by atoms with Crippen LogP contribution >= 0.6 is 24.0 Å². The second kappa shape index (κ2) is 6.77. The third kappa shape index (κ3) is 4.48. The van der Waals surface area contributed by atoms with Crippen molar-refractivity contribution in [2.45, 2.75) is 26.9 Å². The Morgan fingerprint density at radius 1 is 1.41 bits per heavy atom. The third-order valence-electron chi connectivity index (χ3n) is 2.32. The second-order valence-corrected chi connectivity index (χ2v) is 5.49. The lowest BCUT2D eigenvalue weighted by Gasteiger charge is -2.15. The van der Waals surface area contributed by atoms with Crippen LogP contribution in [0.2, 0.25) is 0 Å². The number of carbonyl (C=O) groups is 1. The highest BCUT2D eigenvalue weighted by molar-refractivity contribution is 8.22. The lowest BCUT2D eigenvalue weighted by molar-refractivity contribution is 0.101. The summed E-state index contributed by atoms with van der Waals surface area (Å²) >= 11 is 6.60. The minimum atomic E-state index is -0.0810. The molecule has 0 spiro atoms. The molecule has 1 aromatic rings. The molecule has 2 nitrogen and oxygen atoms in total. The molecular weight excluding hydrogens is 252 g/mol. The molecule has 1 aromatic carbocycles. The first-order chi connectivity index (χ1) is 8.04. The number of thiocarbonyl (C=S) groups is 1. The first kappa shape index (κ1) is 14.2. The summed E-state index contributed by atoms with van der Waals surface area (Å²) in [5.74, 6) is 0.983. The number of carbonyl (C=O) groups excluding carboxylic acids is 1. The van der Waals surface area contributed by atoms with E-state index in [-0.39, 0.29) is 11.9 Å². The van der Waals surface area contributed by atoms with Crippen molar-refractivity contribution >= 4 is 34.1 Å². The molecule has 4 heteroatoms. The van der Waals surface area contributed by atoms with Gasteiger partial charge in [-0.05, 0) is 37.4 Å². The van der Waals surface area contributed by atoms with Gasteiger partial charge >= 0.3 is 0 Å². The summed E-state index contributed by atoms with van der Waals surface area (Å²) < 4.78 is 6.15. The highest BCUT2D eigenvalue weighted by Gasteiger charge is 2.09. The number of ketones is 1. The van der Waals surface area contributed by atoms with Gasteiger partial charge in [-0.2, -0.15) is 0 Å². The van der Waals surface area contributed by atoms with Crippen LogP contribution in [0.1, 0.15) is 42.8 Å². The Balaban J connectivity index is 2.66. The fourth-order valence-corrected chi connectivity index (χ4v) is 2.30. The number of hydrogen-bond acceptors (Lipinski definition) is 4. The molecule has 0 radical (unpaired) electrons. The average molecular weight is 268 g/mol. The van der Waals surface area contributed by atoms with Crippen LogP contribution < -0.4 is 0 Å². The molecule has 0 saturated heterocycles. The Hall–Kier alpha value is -0.870. The highest BCUT2D eigenvalue weighted by Crippen LogP contribution is 2.20. The maximum atomic E-state index is 11.1. The Morgan fingerprint density at radius 3 is 2.47 bits per heavy atom. The minimum absolute atomic E-state index is 0.0715. The van der Waals surface area contributed by atoms with Crippen molar-refractivity contribution < 1.29 is 9.53 Å². The molecule has 1 atom stereocenters. The van der Waals surface area contributed by atoms with Crippen LogP contribution in [-0.2, 0) is 4.74 Å². The molecule has 1 unspecified atom stereocenters. The van der Waals surface area contributed by atoms with Crippen molar-refractivity contribution in [3.8, 4) is 0 Å². The van der Waals surface area contributed by atoms with Crippen LogP contribution in [0.3, 0.4) is 0 Å². The van der Waals surface area contributed by atoms with Gasteiger partial charge in [-0.25, -0.2) is 0 Å². The quantitative estimate of drug-likeness (QED) is 0.609. The predicted octanol–water partition coefficient (Wildman–Crippen LogP) is 4.00. The predicted molar refractivity (Wildman–Crippen MR) is 76.7 cm³/mol. The van der Waals surface area contributed by atoms with E-state index in [1.807, 2.05) is 38.1 Å². The van der Waals surface area contributed by atoms with Crippen LogP contribution in [0.15, 0.2) is 24.3 Å². The van der Waals surface area contributed by atoms with Crippen LogP contribution in [0.5, 0.6) is 0 Å². The minimum Gasteiger partial charge on any atom is -0.471 e. The topological polar surface area (TPSA) is 26.3 Å². The number of hydrogen-bond donors (Lipinski definition) is 0. The zero-order valence-electron chi connectivity index (χ0n) is 10.2. The average Bonchev–Trinajstić information content (AvgIpc) is 2.29. The number of benzene rings is 1. The molecule has 0 aliphatic carbocycles. The van der Waals surface area contributed by atoms with Crippen molar-refractivity contribution in [2.24, 2.45) is 0 Å². The van der Waals surface area contributed by atoms with Crippen LogP contribution in [0, 0.1) is 0 Å². The molecule has 0 saturated carbocycles. The highest BCUT2D eigenvalue weighted by atomic mass is 32.2. The van der Waals surface area contributed by atoms with Crippen molar-refractivity contribution in [3.05, 3.63) is 35.4 Å². The lowest BCUT2D eigenvalue weighted by atomic mass is 10.1. The summed E-state index contributed by atoms with van der Waals surface area (Å²) in [6.07, 6.45) is -0.0810. The van der Waals surface area contributed by atoms with E-state index >= 15 is 0 Å². The van der Waals surface area contributed by atoms with Crippen molar-refractivity contribution in [1.29, 1.82) is 0 Å². The van der Waals surface area contributed by atoms with Crippen LogP contribution in [0.25, 0.3) is 0 Å². The van der Waals surface area contributed by atoms with Gasteiger partial charge in [-0.1, -0.05) is 43.0 Å². The maximum absolute atomic E-state index is 11.1. The van der Waals surface area contributed by atoms with Gasteiger partial charge in [0.2, 0.25) is 4.38 Å². The second-order valence-electron chi connectivity index (χ2n) is 3.62. The molecule has 0 N–H and O–H groups in total. The van der Waals surface area contributed by atoms with Gasteiger partial charge in [-0.3, -0.25) is 4.79 Å². The molecule has 0 heterocycles. The smallest absolute Gasteiger partial charge is 0.220 e. The zero-order chi connectivity index (χ0) is 12.8. The number of Topliss-reactive ketones (excluding diaryl/α,β-unsaturated/α-hetero) is 1. The first-order valence-electron chi connectivity index (χ1n) is 5.49. The largest absolute Gasteiger partial charge is 0.471 e. The van der Waals surface area contributed by atoms with Gasteiger partial charge < -0.3 is 4.74 Å². The van der Waals surface area contributed by atoms with Crippen molar-refractivity contribution in [3.63, 3.8) is 0 Å². The van der Waals surface area contributed by atoms with E-state index in [9.17, 15) is 4.79 Å². The van der Waals surface area contributed by atoms with Gasteiger partial charge in [0.25, 0.3) is 0 Å². The van der Waals surface area contributed by atoms with E-state index in [1.165, 1.54) is 11.8 Å². The molecule has 0 aromatic heterocycles. The SMILES string of the molecule is CCSC(=S)OC(C)c1ccc(C(C)=O)cc1. The molecule has 0 aliphatic heterocycles. The summed E-state index contributed by atoms with van der Waals surface area (Å²) in [7, 11) is 0. The van der Waals surface area contributed by atoms with E-state index in [4.69, 9.17) is 17.0 Å². The fraction of sp³-hybridized carbons (Fsp3) is 0.385. The summed E-state index contributed by atoms with van der Waals surface area (Å²) in [6, 6.07) is 7.43. The van der Waals surface area contributed by atoms with Crippen LogP contribution in [0.4, 0.5) is 0 Å². The molecular formula is C13H16O2S2. The normalized spacial score (nSPS) is 11.9. The monoisotopic (exact) mass is 268 g/mol. The summed E-state index contributed by atoms with van der Waals surface area (Å²) in [4.78, 5) is 11.1. The molecule has 92 valence electrons. The Bertz CT molecular complexity index is 398. The summed E-state index contributed by atoms with van der Waals surface area (Å²) in [6.45, 7) is 5.54. The number of rotatable bonds is 4. The molecule has 17 heavy (non-hydrogen) atoms. The van der Waals surface area contributed by atoms with Crippen molar-refractivity contribution in [2.75, 3.05) is 5.75 Å². The van der Waals surface area contributed by atoms with Gasteiger partial charge in [0.05, 0.1) is 0 Å². The van der Waals surface area contributed by atoms with Crippen LogP contribution in [-0.4, -0.2) is 15.9 Å². The van der Waals surface area contributed by atoms with Gasteiger partial charge in [0, 0.05) is 5.56 Å². The molecule has 0 aliphatic rings. The first-order valence-corrected chi connectivity index (χ1v) is 6.88. The third-order valence-corrected chi connectivity index (χ3v) is 3.39. The summed E-state index contributed by atoms with van der Waals surface area (Å²) in [5, 5.41) is 0. The van der Waals surface area contributed by atoms with E-state index in [0.717, 1.165) is 11.3 Å². The van der Waals surface area contributed by atoms with E-state index < -0.39 is 0 Å². The molecule has 0 fully saturated rings. The van der Waals surface area contributed by atoms with Crippen molar-refractivity contribution in [1.82, 2.24) is 0 Å². The Labute approximate surface area is 112 Å². The molecule has 0 amide bonds. The van der Waals surface area contributed by atoms with E-state index in [2.05, 4.69) is 0 Å². The number of thioether (sulfide) groups is 1. The molecule has 0 bridgehead atoms. The summed E-state index contributed by atoms with van der Waals surface area (Å²) in [5.41, 5.74) is 1.74. The Morgan fingerprint density at radius 2 is 2.00 bits per heavy atom. The van der Waals surface area contributed by atoms with Gasteiger partial charge in [-0.15, -0.1) is 0 Å². The van der Waals surface area contributed by atoms with Gasteiger partial charge in [0.15, 0.2) is 5.78 Å². The standard InChI is InChI=1S/C13H16O2S2/c1-4-17-13(16)15-10(3)12-7-5-11(6-8-12)9(2)14/h5-8,10H,4H2,1-3H3. The fourth-order valence-electron chi connectivity index (χ4n) is 1.35. The number of ether oxygens (including phenoxy) is 1. The molecule has 1 rings (SSSR count). The maximum Gasteiger partial charge on any atom is 0.220 e. The zero-order valence-corrected chi connectivity index (χ0v) is 11.9. The van der Waals surface area contributed by atoms with E-state index in [1.54, 1.807) is 6.92 Å². The van der Waals surface area contributed by atoms with E-state index in [0.29, 0.717) is 9.95 Å².